The second kappa shape index (κ2) is 8.51. The van der Waals surface area contributed by atoms with Gasteiger partial charge in [0.25, 0.3) is 5.56 Å². The molecule has 160 valence electrons. The Labute approximate surface area is 184 Å². The molecular weight excluding hydrogens is 411 g/mol. The molecule has 2 aromatic carbocycles. The van der Waals surface area contributed by atoms with Crippen LogP contribution in [0.25, 0.3) is 16.9 Å². The summed E-state index contributed by atoms with van der Waals surface area (Å²) in [6.45, 7) is 6.05. The molecule has 2 heterocycles. The lowest BCUT2D eigenvalue weighted by Gasteiger charge is -2.15. The van der Waals surface area contributed by atoms with Gasteiger partial charge in [0.15, 0.2) is 10.5 Å². The molecule has 1 unspecified atom stereocenters. The summed E-state index contributed by atoms with van der Waals surface area (Å²) >= 11 is 1.42. The number of hydrogen-bond acceptors (Lipinski definition) is 3. The summed E-state index contributed by atoms with van der Waals surface area (Å²) < 4.78 is 20.0. The maximum Gasteiger partial charge on any atom is 0.297 e. The Kier molecular flexibility index (Phi) is 5.78. The van der Waals surface area contributed by atoms with Crippen molar-refractivity contribution in [1.82, 2.24) is 13.9 Å². The zero-order valence-electron chi connectivity index (χ0n) is 18.0. The van der Waals surface area contributed by atoms with Crippen LogP contribution in [0.1, 0.15) is 32.0 Å². The minimum absolute atomic E-state index is 0.0972. The molecule has 7 heteroatoms. The molecule has 4 aromatic rings. The molecule has 2 aromatic heterocycles. The molecule has 0 saturated heterocycles. The topological polar surface area (TPSA) is 44.2 Å². The van der Waals surface area contributed by atoms with E-state index in [1.165, 1.54) is 17.4 Å². The number of hydrogen-bond donors (Lipinski definition) is 0. The first kappa shape index (κ1) is 21.1. The Bertz CT molecular complexity index is 1340. The van der Waals surface area contributed by atoms with Gasteiger partial charge in [-0.3, -0.25) is 9.48 Å². The Morgan fingerprint density at radius 1 is 1.10 bits per heavy atom. The Hall–Kier alpha value is -3.19. The van der Waals surface area contributed by atoms with Gasteiger partial charge in [-0.2, -0.15) is 0 Å². The Morgan fingerprint density at radius 3 is 2.45 bits per heavy atom. The van der Waals surface area contributed by atoms with Crippen molar-refractivity contribution >= 4 is 17.0 Å². The van der Waals surface area contributed by atoms with E-state index < -0.39 is 0 Å². The quantitative estimate of drug-likeness (QED) is 0.416. The summed E-state index contributed by atoms with van der Waals surface area (Å²) in [5, 5.41) is 1.91. The van der Waals surface area contributed by atoms with Crippen molar-refractivity contribution in [1.29, 1.82) is 0 Å². The fourth-order valence-electron chi connectivity index (χ4n) is 3.65. The van der Waals surface area contributed by atoms with Gasteiger partial charge in [0.1, 0.15) is 5.82 Å². The van der Waals surface area contributed by atoms with Crippen molar-refractivity contribution in [3.8, 4) is 16.9 Å². The highest BCUT2D eigenvalue weighted by Crippen LogP contribution is 2.27. The molecule has 0 aliphatic carbocycles. The van der Waals surface area contributed by atoms with E-state index in [4.69, 9.17) is 4.99 Å². The number of benzene rings is 2. The van der Waals surface area contributed by atoms with Gasteiger partial charge < -0.3 is 4.57 Å². The van der Waals surface area contributed by atoms with Crippen LogP contribution in [0.2, 0.25) is 0 Å². The molecule has 0 saturated carbocycles. The predicted molar refractivity (Wildman–Crippen MR) is 124 cm³/mol. The van der Waals surface area contributed by atoms with Gasteiger partial charge in [0.05, 0.1) is 17.1 Å². The number of nitrogens with zero attached hydrogens (tertiary/aromatic N) is 4. The molecule has 0 radical (unpaired) electrons. The van der Waals surface area contributed by atoms with Crippen LogP contribution in [0.15, 0.2) is 69.8 Å². The SMILES string of the molecule is CCC(C)n1c(-c2ccccc2F)csc1=Nc1c(C)n(C)n(-c2ccccc2)c1=O. The maximum atomic E-state index is 14.5. The minimum atomic E-state index is -0.272. The monoisotopic (exact) mass is 436 g/mol. The Balaban J connectivity index is 1.95. The average Bonchev–Trinajstić information content (AvgIpc) is 3.29. The second-order valence-electron chi connectivity index (χ2n) is 7.53. The normalized spacial score (nSPS) is 13.0. The summed E-state index contributed by atoms with van der Waals surface area (Å²) in [6, 6.07) is 16.4. The van der Waals surface area contributed by atoms with Crippen molar-refractivity contribution in [2.45, 2.75) is 33.2 Å². The van der Waals surface area contributed by atoms with Crippen LogP contribution >= 0.6 is 11.3 Å². The van der Waals surface area contributed by atoms with E-state index in [2.05, 4.69) is 13.8 Å². The molecule has 0 N–H and O–H groups in total. The second-order valence-corrected chi connectivity index (χ2v) is 8.37. The van der Waals surface area contributed by atoms with Crippen molar-refractivity contribution in [3.63, 3.8) is 0 Å². The van der Waals surface area contributed by atoms with E-state index in [1.54, 1.807) is 16.8 Å². The van der Waals surface area contributed by atoms with Gasteiger partial charge in [0, 0.05) is 24.0 Å². The van der Waals surface area contributed by atoms with Gasteiger partial charge in [-0.05, 0) is 44.5 Å². The van der Waals surface area contributed by atoms with Crippen molar-refractivity contribution in [2.75, 3.05) is 0 Å². The number of rotatable bonds is 5. The van der Waals surface area contributed by atoms with Crippen LogP contribution in [0.4, 0.5) is 10.1 Å². The number of aromatic nitrogens is 3. The van der Waals surface area contributed by atoms with E-state index >= 15 is 0 Å². The van der Waals surface area contributed by atoms with E-state index in [9.17, 15) is 9.18 Å². The van der Waals surface area contributed by atoms with Crippen LogP contribution in [-0.2, 0) is 7.05 Å². The highest BCUT2D eigenvalue weighted by atomic mass is 32.1. The summed E-state index contributed by atoms with van der Waals surface area (Å²) in [5.41, 5.74) is 3.08. The fraction of sp³-hybridized carbons (Fsp3) is 0.250. The largest absolute Gasteiger partial charge is 0.314 e. The molecule has 1 atom stereocenters. The first-order valence-corrected chi connectivity index (χ1v) is 11.2. The van der Waals surface area contributed by atoms with Crippen LogP contribution in [-0.4, -0.2) is 13.9 Å². The van der Waals surface area contributed by atoms with Crippen molar-refractivity contribution in [3.05, 3.63) is 86.6 Å². The minimum Gasteiger partial charge on any atom is -0.314 e. The average molecular weight is 437 g/mol. The van der Waals surface area contributed by atoms with Gasteiger partial charge in [-0.15, -0.1) is 11.3 Å². The fourth-order valence-corrected chi connectivity index (χ4v) is 4.65. The molecule has 4 rings (SSSR count). The number of para-hydroxylation sites is 1. The van der Waals surface area contributed by atoms with E-state index in [0.717, 1.165) is 23.5 Å². The molecule has 0 spiro atoms. The van der Waals surface area contributed by atoms with Gasteiger partial charge >= 0.3 is 0 Å². The van der Waals surface area contributed by atoms with Crippen molar-refractivity contribution in [2.24, 2.45) is 12.0 Å². The molecule has 0 amide bonds. The summed E-state index contributed by atoms with van der Waals surface area (Å²) in [4.78, 5) is 18.8. The van der Waals surface area contributed by atoms with Crippen LogP contribution in [0, 0.1) is 12.7 Å². The van der Waals surface area contributed by atoms with Crippen LogP contribution < -0.4 is 10.4 Å². The highest BCUT2D eigenvalue weighted by molar-refractivity contribution is 7.07. The molecule has 0 bridgehead atoms. The van der Waals surface area contributed by atoms with E-state index in [0.29, 0.717) is 16.1 Å². The smallest absolute Gasteiger partial charge is 0.297 e. The lowest BCUT2D eigenvalue weighted by Crippen LogP contribution is -2.21. The van der Waals surface area contributed by atoms with Crippen LogP contribution in [0.3, 0.4) is 0 Å². The number of thiazole rings is 1. The first-order chi connectivity index (χ1) is 14.9. The van der Waals surface area contributed by atoms with Crippen LogP contribution in [0.5, 0.6) is 0 Å². The molecule has 31 heavy (non-hydrogen) atoms. The highest BCUT2D eigenvalue weighted by Gasteiger charge is 2.19. The molecule has 5 nitrogen and oxygen atoms in total. The molecule has 0 aliphatic rings. The lowest BCUT2D eigenvalue weighted by atomic mass is 10.1. The maximum absolute atomic E-state index is 14.5. The lowest BCUT2D eigenvalue weighted by molar-refractivity contribution is 0.522. The van der Waals surface area contributed by atoms with E-state index in [1.807, 2.05) is 65.0 Å². The van der Waals surface area contributed by atoms with Gasteiger partial charge in [0.2, 0.25) is 0 Å². The van der Waals surface area contributed by atoms with Gasteiger partial charge in [-0.1, -0.05) is 37.3 Å². The van der Waals surface area contributed by atoms with Gasteiger partial charge in [-0.25, -0.2) is 14.1 Å². The van der Waals surface area contributed by atoms with E-state index in [-0.39, 0.29) is 17.4 Å². The zero-order valence-corrected chi connectivity index (χ0v) is 18.9. The summed E-state index contributed by atoms with van der Waals surface area (Å²) in [5.74, 6) is -0.272. The zero-order chi connectivity index (χ0) is 22.1. The van der Waals surface area contributed by atoms with Crippen molar-refractivity contribution < 1.29 is 4.39 Å². The molecular formula is C24H25FN4OS. The molecule has 0 aliphatic heterocycles. The number of halogens is 1. The molecule has 0 fully saturated rings. The Morgan fingerprint density at radius 2 is 1.77 bits per heavy atom. The predicted octanol–water partition coefficient (Wildman–Crippen LogP) is 5.36. The standard InChI is InChI=1S/C24H25FN4OS/c1-5-16(2)28-21(19-13-9-10-14-20(19)25)15-31-24(28)26-22-17(3)27(4)29(23(22)30)18-11-7-6-8-12-18/h6-16H,5H2,1-4H3. The summed E-state index contributed by atoms with van der Waals surface area (Å²) in [6.07, 6.45) is 0.855. The summed E-state index contributed by atoms with van der Waals surface area (Å²) in [7, 11) is 1.85. The third-order valence-electron chi connectivity index (χ3n) is 5.65. The first-order valence-electron chi connectivity index (χ1n) is 10.3. The third-order valence-corrected chi connectivity index (χ3v) is 6.49. The third kappa shape index (κ3) is 3.70.